The largest absolute Gasteiger partial charge is 0.507 e. The molecule has 1 heterocycles. The number of hydrogen-bond acceptors (Lipinski definition) is 7. The van der Waals surface area contributed by atoms with Crippen molar-refractivity contribution in [2.24, 2.45) is 0 Å². The Balaban J connectivity index is 1.70. The maximum Gasteiger partial charge on any atom is 0.202 e. The Morgan fingerprint density at radius 2 is 1.82 bits per heavy atom. The van der Waals surface area contributed by atoms with Crippen LogP contribution in [0.3, 0.4) is 0 Å². The van der Waals surface area contributed by atoms with Crippen molar-refractivity contribution in [2.75, 3.05) is 0 Å². The summed E-state index contributed by atoms with van der Waals surface area (Å²) in [7, 11) is 0. The zero-order chi connectivity index (χ0) is 20.2. The standard InChI is InChI=1S/C21H20O7/c1-9-6-11(28-16-8-15(23)19(24)10(2)27-16)7-13-17(9)21(26)18-12(20(13)25)4-3-5-14(18)22/h3-7,10,15-16,19,22-24H,8H2,1-2H3/t10-,15-,16?,19-/m1/s1. The molecule has 146 valence electrons. The van der Waals surface area contributed by atoms with E-state index in [1.807, 2.05) is 0 Å². The quantitative estimate of drug-likeness (QED) is 0.616. The lowest BCUT2D eigenvalue weighted by Gasteiger charge is -2.35. The van der Waals surface area contributed by atoms with Gasteiger partial charge in [-0.1, -0.05) is 12.1 Å². The third kappa shape index (κ3) is 2.88. The van der Waals surface area contributed by atoms with Gasteiger partial charge < -0.3 is 24.8 Å². The molecule has 1 fully saturated rings. The minimum atomic E-state index is -0.992. The Morgan fingerprint density at radius 3 is 2.54 bits per heavy atom. The highest BCUT2D eigenvalue weighted by Gasteiger charge is 2.36. The summed E-state index contributed by atoms with van der Waals surface area (Å²) in [5.74, 6) is -0.685. The lowest BCUT2D eigenvalue weighted by molar-refractivity contribution is -0.216. The fourth-order valence-corrected chi connectivity index (χ4v) is 3.79. The van der Waals surface area contributed by atoms with Gasteiger partial charge in [-0.3, -0.25) is 9.59 Å². The van der Waals surface area contributed by atoms with Gasteiger partial charge in [0, 0.05) is 23.1 Å². The van der Waals surface area contributed by atoms with E-state index in [-0.39, 0.29) is 40.2 Å². The van der Waals surface area contributed by atoms with Gasteiger partial charge in [0.05, 0.1) is 17.8 Å². The molecule has 28 heavy (non-hydrogen) atoms. The first-order valence-corrected chi connectivity index (χ1v) is 9.02. The molecule has 2 aromatic carbocycles. The van der Waals surface area contributed by atoms with Gasteiger partial charge in [0.15, 0.2) is 11.6 Å². The molecule has 0 spiro atoms. The summed E-state index contributed by atoms with van der Waals surface area (Å²) in [5.41, 5.74) is 1.12. The van der Waals surface area contributed by atoms with Gasteiger partial charge in [-0.25, -0.2) is 0 Å². The third-order valence-electron chi connectivity index (χ3n) is 5.24. The van der Waals surface area contributed by atoms with Crippen LogP contribution in [0.5, 0.6) is 11.5 Å². The van der Waals surface area contributed by atoms with E-state index in [4.69, 9.17) is 9.47 Å². The van der Waals surface area contributed by atoms with Gasteiger partial charge in [0.25, 0.3) is 0 Å². The molecule has 3 N–H and O–H groups in total. The Labute approximate surface area is 161 Å². The van der Waals surface area contributed by atoms with E-state index in [9.17, 15) is 24.9 Å². The Bertz CT molecular complexity index is 969. The summed E-state index contributed by atoms with van der Waals surface area (Å²) in [6.07, 6.45) is -3.30. The Kier molecular flexibility index (Phi) is 4.45. The van der Waals surface area contributed by atoms with Crippen LogP contribution >= 0.6 is 0 Å². The summed E-state index contributed by atoms with van der Waals surface area (Å²) < 4.78 is 11.3. The highest BCUT2D eigenvalue weighted by atomic mass is 16.7. The monoisotopic (exact) mass is 384 g/mol. The lowest BCUT2D eigenvalue weighted by Crippen LogP contribution is -2.48. The van der Waals surface area contributed by atoms with Crippen LogP contribution in [0.1, 0.15) is 50.8 Å². The van der Waals surface area contributed by atoms with Crippen molar-refractivity contribution in [1.29, 1.82) is 0 Å². The molecular formula is C21H20O7. The highest BCUT2D eigenvalue weighted by Crippen LogP contribution is 2.36. The molecule has 0 bridgehead atoms. The minimum absolute atomic E-state index is 0.0123. The molecule has 0 amide bonds. The predicted molar refractivity (Wildman–Crippen MR) is 97.7 cm³/mol. The van der Waals surface area contributed by atoms with Crippen LogP contribution in [0.2, 0.25) is 0 Å². The fraction of sp³-hybridized carbons (Fsp3) is 0.333. The van der Waals surface area contributed by atoms with Crippen LogP contribution in [-0.2, 0) is 4.74 Å². The molecule has 1 saturated heterocycles. The maximum atomic E-state index is 12.9. The number of fused-ring (bicyclic) bond motifs is 2. The maximum absolute atomic E-state index is 12.9. The van der Waals surface area contributed by atoms with Crippen LogP contribution in [0.15, 0.2) is 30.3 Å². The molecule has 0 aromatic heterocycles. The van der Waals surface area contributed by atoms with E-state index in [2.05, 4.69) is 0 Å². The number of carbonyl (C=O) groups excluding carboxylic acids is 2. The molecule has 2 aromatic rings. The molecule has 1 unspecified atom stereocenters. The van der Waals surface area contributed by atoms with Crippen molar-refractivity contribution in [3.05, 3.63) is 58.1 Å². The smallest absolute Gasteiger partial charge is 0.202 e. The van der Waals surface area contributed by atoms with Crippen molar-refractivity contribution >= 4 is 11.6 Å². The number of hydrogen-bond donors (Lipinski definition) is 3. The number of phenolic OH excluding ortho intramolecular Hbond substituents is 1. The van der Waals surface area contributed by atoms with Crippen LogP contribution in [0.4, 0.5) is 0 Å². The Hall–Kier alpha value is -2.74. The molecule has 7 nitrogen and oxygen atoms in total. The number of ketones is 2. The summed E-state index contributed by atoms with van der Waals surface area (Å²) in [6.45, 7) is 3.32. The van der Waals surface area contributed by atoms with Gasteiger partial charge >= 0.3 is 0 Å². The summed E-state index contributed by atoms with van der Waals surface area (Å²) in [6, 6.07) is 7.48. The molecule has 0 saturated carbocycles. The van der Waals surface area contributed by atoms with Gasteiger partial charge in [-0.15, -0.1) is 0 Å². The highest BCUT2D eigenvalue weighted by molar-refractivity contribution is 6.29. The number of carbonyl (C=O) groups is 2. The average molecular weight is 384 g/mol. The van der Waals surface area contributed by atoms with Crippen molar-refractivity contribution < 1.29 is 34.4 Å². The predicted octanol–water partition coefficient (Wildman–Crippen LogP) is 1.71. The molecule has 1 aliphatic carbocycles. The lowest BCUT2D eigenvalue weighted by atomic mass is 9.81. The van der Waals surface area contributed by atoms with Gasteiger partial charge in [-0.2, -0.15) is 0 Å². The van der Waals surface area contributed by atoms with E-state index >= 15 is 0 Å². The number of aliphatic hydroxyl groups excluding tert-OH is 2. The molecule has 4 atom stereocenters. The molecule has 2 aliphatic rings. The first-order valence-electron chi connectivity index (χ1n) is 9.02. The number of benzene rings is 2. The molecule has 1 aliphatic heterocycles. The number of rotatable bonds is 2. The van der Waals surface area contributed by atoms with Crippen molar-refractivity contribution in [2.45, 2.75) is 44.9 Å². The molecule has 7 heteroatoms. The topological polar surface area (TPSA) is 113 Å². The molecule has 0 radical (unpaired) electrons. The van der Waals surface area contributed by atoms with E-state index in [0.29, 0.717) is 11.3 Å². The van der Waals surface area contributed by atoms with E-state index in [0.717, 1.165) is 0 Å². The average Bonchev–Trinajstić information content (AvgIpc) is 2.63. The third-order valence-corrected chi connectivity index (χ3v) is 5.24. The summed E-state index contributed by atoms with van der Waals surface area (Å²) in [5, 5.41) is 29.7. The number of phenols is 1. The number of aliphatic hydroxyl groups is 2. The fourth-order valence-electron chi connectivity index (χ4n) is 3.79. The number of ether oxygens (including phenoxy) is 2. The van der Waals surface area contributed by atoms with Crippen molar-refractivity contribution in [3.63, 3.8) is 0 Å². The van der Waals surface area contributed by atoms with Crippen LogP contribution in [0, 0.1) is 6.92 Å². The van der Waals surface area contributed by atoms with E-state index < -0.39 is 30.4 Å². The first-order chi connectivity index (χ1) is 13.3. The van der Waals surface area contributed by atoms with Gasteiger partial charge in [0.2, 0.25) is 6.29 Å². The summed E-state index contributed by atoms with van der Waals surface area (Å²) >= 11 is 0. The molecule has 4 rings (SSSR count). The van der Waals surface area contributed by atoms with E-state index in [1.165, 1.54) is 24.3 Å². The Morgan fingerprint density at radius 1 is 1.07 bits per heavy atom. The number of aromatic hydroxyl groups is 1. The van der Waals surface area contributed by atoms with Crippen molar-refractivity contribution in [3.8, 4) is 11.5 Å². The minimum Gasteiger partial charge on any atom is -0.507 e. The first kappa shape index (κ1) is 18.6. The van der Waals surface area contributed by atoms with Gasteiger partial charge in [-0.05, 0) is 37.6 Å². The van der Waals surface area contributed by atoms with Crippen LogP contribution < -0.4 is 4.74 Å². The number of aryl methyl sites for hydroxylation is 1. The van der Waals surface area contributed by atoms with Crippen molar-refractivity contribution in [1.82, 2.24) is 0 Å². The zero-order valence-corrected chi connectivity index (χ0v) is 15.4. The van der Waals surface area contributed by atoms with Gasteiger partial charge in [0.1, 0.15) is 17.6 Å². The van der Waals surface area contributed by atoms with E-state index in [1.54, 1.807) is 19.9 Å². The van der Waals surface area contributed by atoms with Crippen LogP contribution in [0.25, 0.3) is 0 Å². The normalized spacial score (nSPS) is 26.6. The SMILES string of the molecule is Cc1cc(OC2C[C@@H](O)[C@H](O)[C@@H](C)O2)cc2c1C(=O)c1c(O)cccc1C2=O. The second-order valence-electron chi connectivity index (χ2n) is 7.20. The molecular weight excluding hydrogens is 364 g/mol. The second-order valence-corrected chi connectivity index (χ2v) is 7.20. The zero-order valence-electron chi connectivity index (χ0n) is 15.4. The second kappa shape index (κ2) is 6.70. The van der Waals surface area contributed by atoms with Crippen LogP contribution in [-0.4, -0.2) is 51.5 Å². The summed E-state index contributed by atoms with van der Waals surface area (Å²) in [4.78, 5) is 25.8.